The fourth-order valence-corrected chi connectivity index (χ4v) is 5.94. The lowest BCUT2D eigenvalue weighted by molar-refractivity contribution is -0.142. The second-order valence-corrected chi connectivity index (χ2v) is 12.0. The molecule has 2 bridgehead atoms. The maximum absolute atomic E-state index is 14.3. The van der Waals surface area contributed by atoms with E-state index in [0.717, 1.165) is 4.68 Å². The molecule has 0 saturated heterocycles. The monoisotopic (exact) mass is 502 g/mol. The molecule has 4 fully saturated rings. The van der Waals surface area contributed by atoms with Crippen LogP contribution in [0.4, 0.5) is 27.6 Å². The van der Waals surface area contributed by atoms with Crippen LogP contribution >= 0.6 is 0 Å². The van der Waals surface area contributed by atoms with E-state index < -0.39 is 56.7 Å². The fraction of sp³-hybridized carbons (Fsp3) is 0.545. The first kappa shape index (κ1) is 23.3. The van der Waals surface area contributed by atoms with Crippen LogP contribution in [0.5, 0.6) is 0 Å². The first-order chi connectivity index (χ1) is 15.8. The van der Waals surface area contributed by atoms with Crippen LogP contribution in [0.15, 0.2) is 29.2 Å². The summed E-state index contributed by atoms with van der Waals surface area (Å²) in [6.45, 7) is -0.199. The van der Waals surface area contributed by atoms with Gasteiger partial charge in [0.25, 0.3) is 5.91 Å². The Morgan fingerprint density at radius 1 is 1.32 bits per heavy atom. The molecule has 1 aromatic carbocycles. The van der Waals surface area contributed by atoms with Gasteiger partial charge in [0.05, 0.1) is 15.4 Å². The van der Waals surface area contributed by atoms with Crippen LogP contribution in [0.3, 0.4) is 0 Å². The highest BCUT2D eigenvalue weighted by Gasteiger charge is 2.62. The molecule has 1 heterocycles. The summed E-state index contributed by atoms with van der Waals surface area (Å²) in [6.07, 6.45) is -4.35. The number of hydrogen-bond donors (Lipinski definition) is 2. The normalized spacial score (nSPS) is 29.2. The van der Waals surface area contributed by atoms with E-state index in [1.165, 1.54) is 30.5 Å². The van der Waals surface area contributed by atoms with Gasteiger partial charge in [-0.2, -0.15) is 18.3 Å². The van der Waals surface area contributed by atoms with Gasteiger partial charge in [-0.15, -0.1) is 0 Å². The maximum atomic E-state index is 14.3. The topological polar surface area (TPSA) is 87.8 Å². The Bertz CT molecular complexity index is 1250. The number of alkyl halides is 5. The highest BCUT2D eigenvalue weighted by Crippen LogP contribution is 2.66. The van der Waals surface area contributed by atoms with Crippen molar-refractivity contribution in [3.05, 3.63) is 41.2 Å². The van der Waals surface area contributed by atoms with Crippen molar-refractivity contribution in [2.75, 3.05) is 11.6 Å². The van der Waals surface area contributed by atoms with Crippen LogP contribution in [0, 0.1) is 22.5 Å². The highest BCUT2D eigenvalue weighted by atomic mass is 32.2. The molecule has 4 aliphatic carbocycles. The van der Waals surface area contributed by atoms with Gasteiger partial charge in [-0.25, -0.2) is 17.8 Å². The molecule has 3 atom stereocenters. The maximum Gasteiger partial charge on any atom is 0.420 e. The quantitative estimate of drug-likeness (QED) is 0.514. The number of halogens is 5. The molecule has 1 amide bonds. The van der Waals surface area contributed by atoms with E-state index in [0.29, 0.717) is 25.2 Å². The van der Waals surface area contributed by atoms with Crippen molar-refractivity contribution in [1.29, 1.82) is 4.78 Å². The zero-order valence-electron chi connectivity index (χ0n) is 18.2. The molecule has 1 aromatic heterocycles. The predicted molar refractivity (Wildman–Crippen MR) is 113 cm³/mol. The van der Waals surface area contributed by atoms with Crippen molar-refractivity contribution in [2.24, 2.45) is 17.8 Å². The fourth-order valence-electron chi connectivity index (χ4n) is 5.25. The van der Waals surface area contributed by atoms with Gasteiger partial charge in [-0.05, 0) is 55.7 Å². The molecule has 0 radical (unpaired) electrons. The third kappa shape index (κ3) is 3.89. The molecular formula is C22H23F5N4O2S. The third-order valence-electron chi connectivity index (χ3n) is 7.24. The van der Waals surface area contributed by atoms with Gasteiger partial charge in [-0.3, -0.25) is 9.48 Å². The van der Waals surface area contributed by atoms with Crippen molar-refractivity contribution < 1.29 is 31.0 Å². The molecule has 0 spiro atoms. The summed E-state index contributed by atoms with van der Waals surface area (Å²) in [6, 6.07) is 5.55. The minimum Gasteiger partial charge on any atom is -0.321 e. The number of nitrogens with one attached hydrogen (secondary N) is 2. The van der Waals surface area contributed by atoms with Crippen LogP contribution in [-0.4, -0.2) is 32.6 Å². The van der Waals surface area contributed by atoms with Gasteiger partial charge in [0.15, 0.2) is 0 Å². The molecule has 4 saturated carbocycles. The van der Waals surface area contributed by atoms with E-state index in [2.05, 4.69) is 10.4 Å². The first-order valence-corrected chi connectivity index (χ1v) is 12.9. The van der Waals surface area contributed by atoms with E-state index >= 15 is 0 Å². The van der Waals surface area contributed by atoms with E-state index in [1.807, 2.05) is 0 Å². The molecule has 2 N–H and O–H groups in total. The molecule has 2 aromatic rings. The molecule has 2 unspecified atom stereocenters. The second-order valence-electron chi connectivity index (χ2n) is 9.83. The van der Waals surface area contributed by atoms with Crippen molar-refractivity contribution in [3.63, 3.8) is 0 Å². The zero-order chi connectivity index (χ0) is 24.6. The third-order valence-corrected chi connectivity index (χ3v) is 8.40. The highest BCUT2D eigenvalue weighted by molar-refractivity contribution is 7.91. The molecule has 0 aliphatic heterocycles. The Balaban J connectivity index is 1.55. The van der Waals surface area contributed by atoms with Gasteiger partial charge in [-0.1, -0.05) is 6.07 Å². The average Bonchev–Trinajstić information content (AvgIpc) is 3.30. The minimum atomic E-state index is -4.86. The number of nitrogens with zero attached hydrogens (tertiary/aromatic N) is 2. The Labute approximate surface area is 192 Å². The van der Waals surface area contributed by atoms with Crippen molar-refractivity contribution in [1.82, 2.24) is 9.78 Å². The summed E-state index contributed by atoms with van der Waals surface area (Å²) in [4.78, 5) is 13.3. The molecule has 6 nitrogen and oxygen atoms in total. The smallest absolute Gasteiger partial charge is 0.321 e. The molecule has 6 rings (SSSR count). The standard InChI is InChI=1S/C22H23F5N4O2S/c1-34(28,33)14-4-2-3-13(6-14)29-20(32)17-16(22(25,26)27)18(21-7-11(8-21)9-21)30-31(17)10-12-5-15(12)19(23)24/h2-4,6,11-12,15,19,28H,5,7-10H2,1H3,(H,29,32)/t11?,12?,15-,21?,34?/m0/s1. The Morgan fingerprint density at radius 3 is 2.50 bits per heavy atom. The molecule has 34 heavy (non-hydrogen) atoms. The summed E-state index contributed by atoms with van der Waals surface area (Å²) in [7, 11) is -3.11. The second kappa shape index (κ2) is 7.50. The van der Waals surface area contributed by atoms with Crippen LogP contribution in [-0.2, 0) is 27.9 Å². The van der Waals surface area contributed by atoms with Crippen LogP contribution in [0.1, 0.15) is 47.4 Å². The molecular weight excluding hydrogens is 479 g/mol. The largest absolute Gasteiger partial charge is 0.420 e. The van der Waals surface area contributed by atoms with Gasteiger partial charge < -0.3 is 5.32 Å². The number of carbonyl (C=O) groups is 1. The van der Waals surface area contributed by atoms with Gasteiger partial charge >= 0.3 is 6.18 Å². The van der Waals surface area contributed by atoms with Gasteiger partial charge in [0, 0.05) is 34.7 Å². The SMILES string of the molecule is CS(=N)(=O)c1cccc(NC(=O)c2c(C(F)(F)F)c(C34CC(C3)C4)nn2CC2C[C@@H]2C(F)F)c1. The number of anilines is 1. The van der Waals surface area contributed by atoms with Crippen molar-refractivity contribution in [3.8, 4) is 0 Å². The van der Waals surface area contributed by atoms with Gasteiger partial charge in [0.1, 0.15) is 11.3 Å². The van der Waals surface area contributed by atoms with Crippen molar-refractivity contribution >= 4 is 21.3 Å². The minimum absolute atomic E-state index is 0.0779. The molecule has 4 aliphatic rings. The summed E-state index contributed by atoms with van der Waals surface area (Å²) in [5.74, 6) is -2.17. The number of rotatable bonds is 7. The van der Waals surface area contributed by atoms with Crippen LogP contribution in [0.25, 0.3) is 0 Å². The van der Waals surface area contributed by atoms with E-state index in [-0.39, 0.29) is 29.2 Å². The number of aromatic nitrogens is 2. The Hall–Kier alpha value is -2.50. The molecule has 12 heteroatoms. The lowest BCUT2D eigenvalue weighted by Crippen LogP contribution is -2.56. The van der Waals surface area contributed by atoms with E-state index in [9.17, 15) is 31.0 Å². The van der Waals surface area contributed by atoms with E-state index in [1.54, 1.807) is 0 Å². The van der Waals surface area contributed by atoms with Crippen LogP contribution < -0.4 is 5.32 Å². The lowest BCUT2D eigenvalue weighted by atomic mass is 9.43. The Kier molecular flexibility index (Phi) is 5.13. The summed E-state index contributed by atoms with van der Waals surface area (Å²) >= 11 is 0. The average molecular weight is 503 g/mol. The summed E-state index contributed by atoms with van der Waals surface area (Å²) < 4.78 is 89.7. The first-order valence-electron chi connectivity index (χ1n) is 10.9. The number of benzene rings is 1. The molecule has 184 valence electrons. The van der Waals surface area contributed by atoms with Crippen molar-refractivity contribution in [2.45, 2.75) is 55.1 Å². The lowest BCUT2D eigenvalue weighted by Gasteiger charge is -2.61. The Morgan fingerprint density at radius 2 is 2.00 bits per heavy atom. The number of amides is 1. The predicted octanol–water partition coefficient (Wildman–Crippen LogP) is 5.14. The van der Waals surface area contributed by atoms with Crippen LogP contribution in [0.2, 0.25) is 0 Å². The zero-order valence-corrected chi connectivity index (χ0v) is 19.0. The van der Waals surface area contributed by atoms with E-state index in [4.69, 9.17) is 4.78 Å². The number of carbonyl (C=O) groups excluding carboxylic acids is 1. The number of hydrogen-bond acceptors (Lipinski definition) is 4. The summed E-state index contributed by atoms with van der Waals surface area (Å²) in [5, 5.41) is 6.62. The van der Waals surface area contributed by atoms with Gasteiger partial charge in [0.2, 0.25) is 6.43 Å². The summed E-state index contributed by atoms with van der Waals surface area (Å²) in [5.41, 5.74) is -2.60.